The zero-order chi connectivity index (χ0) is 16.8. The Balaban J connectivity index is 2.09. The smallest absolute Gasteiger partial charge is 0.323 e. The number of hydrogen-bond acceptors (Lipinski definition) is 2. The third kappa shape index (κ3) is 4.45. The van der Waals surface area contributed by atoms with Crippen LogP contribution in [0.15, 0.2) is 41.3 Å². The van der Waals surface area contributed by atoms with Gasteiger partial charge in [-0.15, -0.1) is 0 Å². The van der Waals surface area contributed by atoms with E-state index in [2.05, 4.69) is 35.5 Å². The summed E-state index contributed by atoms with van der Waals surface area (Å²) in [6, 6.07) is 9.12. The summed E-state index contributed by atoms with van der Waals surface area (Å²) in [6.07, 6.45) is 3.78. The third-order valence-electron chi connectivity index (χ3n) is 3.84. The molecule has 0 aliphatic heterocycles. The van der Waals surface area contributed by atoms with Crippen LogP contribution in [-0.4, -0.2) is 11.0 Å². The minimum absolute atomic E-state index is 0.264. The van der Waals surface area contributed by atoms with Crippen LogP contribution >= 0.6 is 0 Å². The predicted molar refractivity (Wildman–Crippen MR) is 94.2 cm³/mol. The Morgan fingerprint density at radius 3 is 2.74 bits per heavy atom. The van der Waals surface area contributed by atoms with E-state index in [1.807, 2.05) is 18.2 Å². The van der Waals surface area contributed by atoms with E-state index in [1.54, 1.807) is 19.2 Å². The number of rotatable bonds is 5. The molecule has 1 heterocycles. The lowest BCUT2D eigenvalue weighted by Crippen LogP contribution is -2.25. The van der Waals surface area contributed by atoms with Gasteiger partial charge in [-0.1, -0.05) is 32.4 Å². The maximum atomic E-state index is 12.1. The Morgan fingerprint density at radius 2 is 2.04 bits per heavy atom. The zero-order valence-electron chi connectivity index (χ0n) is 13.8. The van der Waals surface area contributed by atoms with E-state index in [-0.39, 0.29) is 11.2 Å². The maximum absolute atomic E-state index is 12.1. The molecule has 0 spiro atoms. The predicted octanol–water partition coefficient (Wildman–Crippen LogP) is 4.23. The zero-order valence-corrected chi connectivity index (χ0v) is 13.8. The van der Waals surface area contributed by atoms with Crippen molar-refractivity contribution in [2.75, 3.05) is 10.6 Å². The normalized spacial score (nSPS) is 11.8. The van der Waals surface area contributed by atoms with Crippen LogP contribution in [-0.2, 0) is 0 Å². The minimum Gasteiger partial charge on any atom is -0.327 e. The highest BCUT2D eigenvalue weighted by molar-refractivity contribution is 6.00. The van der Waals surface area contributed by atoms with Gasteiger partial charge in [0.2, 0.25) is 0 Å². The number of hydrogen-bond donors (Lipinski definition) is 3. The van der Waals surface area contributed by atoms with Crippen molar-refractivity contribution in [3.8, 4) is 0 Å². The van der Waals surface area contributed by atoms with Gasteiger partial charge in [0.05, 0.1) is 0 Å². The number of aryl methyl sites for hydroxylation is 1. The Morgan fingerprint density at radius 1 is 1.26 bits per heavy atom. The van der Waals surface area contributed by atoms with Crippen molar-refractivity contribution in [1.29, 1.82) is 0 Å². The van der Waals surface area contributed by atoms with Gasteiger partial charge >= 0.3 is 6.03 Å². The number of urea groups is 1. The molecule has 0 saturated heterocycles. The molecule has 2 rings (SSSR count). The van der Waals surface area contributed by atoms with E-state index < -0.39 is 6.03 Å². The number of anilines is 2. The van der Waals surface area contributed by atoms with Crippen LogP contribution in [0.3, 0.4) is 0 Å². The summed E-state index contributed by atoms with van der Waals surface area (Å²) in [4.78, 5) is 26.4. The largest absolute Gasteiger partial charge is 0.327 e. The fraction of sp³-hybridized carbons (Fsp3) is 0.333. The average molecular weight is 313 g/mol. The van der Waals surface area contributed by atoms with Crippen molar-refractivity contribution < 1.29 is 4.79 Å². The molecule has 1 aromatic carbocycles. The number of nitrogens with one attached hydrogen (secondary N) is 3. The van der Waals surface area contributed by atoms with E-state index in [0.29, 0.717) is 17.2 Å². The van der Waals surface area contributed by atoms with Gasteiger partial charge in [0, 0.05) is 11.9 Å². The number of aromatic amines is 1. The van der Waals surface area contributed by atoms with E-state index in [4.69, 9.17) is 0 Å². The monoisotopic (exact) mass is 313 g/mol. The fourth-order valence-electron chi connectivity index (χ4n) is 2.53. The summed E-state index contributed by atoms with van der Waals surface area (Å²) in [5.74, 6) is 0.448. The van der Waals surface area contributed by atoms with Gasteiger partial charge in [0.15, 0.2) is 0 Å². The molecular formula is C18H23N3O2. The summed E-state index contributed by atoms with van der Waals surface area (Å²) in [7, 11) is 0. The van der Waals surface area contributed by atoms with Crippen molar-refractivity contribution in [2.24, 2.45) is 0 Å². The maximum Gasteiger partial charge on any atom is 0.323 e. The van der Waals surface area contributed by atoms with E-state index in [0.717, 1.165) is 12.8 Å². The molecule has 0 fully saturated rings. The van der Waals surface area contributed by atoms with Crippen LogP contribution in [0.25, 0.3) is 0 Å². The second kappa shape index (κ2) is 7.63. The van der Waals surface area contributed by atoms with Gasteiger partial charge in [0.25, 0.3) is 5.56 Å². The van der Waals surface area contributed by atoms with Gasteiger partial charge in [0.1, 0.15) is 5.69 Å². The third-order valence-corrected chi connectivity index (χ3v) is 3.84. The molecule has 3 N–H and O–H groups in total. The molecule has 1 aromatic heterocycles. The number of carbonyl (C=O) groups is 1. The fourth-order valence-corrected chi connectivity index (χ4v) is 2.53. The molecule has 0 saturated carbocycles. The number of aromatic nitrogens is 1. The van der Waals surface area contributed by atoms with Gasteiger partial charge in [-0.25, -0.2) is 4.79 Å². The summed E-state index contributed by atoms with van der Waals surface area (Å²) in [6.45, 7) is 6.11. The Bertz CT molecular complexity index is 737. The quantitative estimate of drug-likeness (QED) is 0.772. The summed E-state index contributed by atoms with van der Waals surface area (Å²) in [5, 5.41) is 5.39. The molecule has 5 heteroatoms. The van der Waals surface area contributed by atoms with Crippen LogP contribution in [0.2, 0.25) is 0 Å². The van der Waals surface area contributed by atoms with Crippen LogP contribution in [0.4, 0.5) is 16.2 Å². The molecule has 23 heavy (non-hydrogen) atoms. The molecule has 0 bridgehead atoms. The molecule has 122 valence electrons. The summed E-state index contributed by atoms with van der Waals surface area (Å²) < 4.78 is 0. The SMILES string of the molecule is CCCC(C)c1cccc(NC(=O)Nc2c(C)cc[nH]c2=O)c1. The van der Waals surface area contributed by atoms with E-state index in [1.165, 1.54) is 5.56 Å². The van der Waals surface area contributed by atoms with Crippen LogP contribution in [0, 0.1) is 6.92 Å². The molecular weight excluding hydrogens is 290 g/mol. The number of carbonyl (C=O) groups excluding carboxylic acids is 1. The molecule has 1 atom stereocenters. The van der Waals surface area contributed by atoms with Crippen LogP contribution in [0.5, 0.6) is 0 Å². The summed E-state index contributed by atoms with van der Waals surface area (Å²) >= 11 is 0. The first-order valence-corrected chi connectivity index (χ1v) is 7.87. The van der Waals surface area contributed by atoms with E-state index in [9.17, 15) is 9.59 Å². The Hall–Kier alpha value is -2.56. The molecule has 2 aromatic rings. The van der Waals surface area contributed by atoms with Crippen molar-refractivity contribution in [2.45, 2.75) is 39.5 Å². The standard InChI is InChI=1S/C18H23N3O2/c1-4-6-12(2)14-7-5-8-15(11-14)20-18(23)21-16-13(3)9-10-19-17(16)22/h5,7-12H,4,6H2,1-3H3,(H,19,22)(H2,20,21,23). The number of pyridine rings is 1. The van der Waals surface area contributed by atoms with Gasteiger partial charge in [-0.3, -0.25) is 4.79 Å². The van der Waals surface area contributed by atoms with Crippen molar-refractivity contribution in [3.05, 3.63) is 58.0 Å². The first kappa shape index (κ1) is 16.8. The van der Waals surface area contributed by atoms with Gasteiger partial charge < -0.3 is 15.6 Å². The Labute approximate surface area is 136 Å². The van der Waals surface area contributed by atoms with Crippen LogP contribution in [0.1, 0.15) is 43.7 Å². The molecule has 1 unspecified atom stereocenters. The number of amides is 2. The summed E-state index contributed by atoms with van der Waals surface area (Å²) in [5.41, 5.74) is 2.58. The minimum atomic E-state index is -0.426. The lowest BCUT2D eigenvalue weighted by Gasteiger charge is -2.13. The first-order valence-electron chi connectivity index (χ1n) is 7.87. The van der Waals surface area contributed by atoms with Crippen molar-refractivity contribution >= 4 is 17.4 Å². The topological polar surface area (TPSA) is 74.0 Å². The lowest BCUT2D eigenvalue weighted by atomic mass is 9.96. The second-order valence-corrected chi connectivity index (χ2v) is 5.76. The number of benzene rings is 1. The van der Waals surface area contributed by atoms with E-state index >= 15 is 0 Å². The average Bonchev–Trinajstić information content (AvgIpc) is 2.51. The number of H-pyrrole nitrogens is 1. The lowest BCUT2D eigenvalue weighted by molar-refractivity contribution is 0.262. The first-order chi connectivity index (χ1) is 11.0. The highest BCUT2D eigenvalue weighted by Gasteiger charge is 2.10. The Kier molecular flexibility index (Phi) is 5.57. The van der Waals surface area contributed by atoms with Crippen molar-refractivity contribution in [3.63, 3.8) is 0 Å². The van der Waals surface area contributed by atoms with Gasteiger partial charge in [-0.2, -0.15) is 0 Å². The van der Waals surface area contributed by atoms with Crippen LogP contribution < -0.4 is 16.2 Å². The van der Waals surface area contributed by atoms with Gasteiger partial charge in [-0.05, 0) is 48.6 Å². The highest BCUT2D eigenvalue weighted by Crippen LogP contribution is 2.23. The molecule has 2 amide bonds. The molecule has 0 aliphatic carbocycles. The molecule has 0 radical (unpaired) electrons. The molecule has 0 aliphatic rings. The van der Waals surface area contributed by atoms with Crippen molar-refractivity contribution in [1.82, 2.24) is 4.98 Å². The second-order valence-electron chi connectivity index (χ2n) is 5.76. The highest BCUT2D eigenvalue weighted by atomic mass is 16.2. The molecule has 5 nitrogen and oxygen atoms in total.